The van der Waals surface area contributed by atoms with E-state index in [-0.39, 0.29) is 12.6 Å². The van der Waals surface area contributed by atoms with Gasteiger partial charge in [0.05, 0.1) is 13.2 Å². The molecule has 0 amide bonds. The second-order valence-corrected chi connectivity index (χ2v) is 12.7. The van der Waals surface area contributed by atoms with E-state index in [0.717, 1.165) is 25.7 Å². The summed E-state index contributed by atoms with van der Waals surface area (Å²) in [5, 5.41) is 9.56. The molecule has 0 heterocycles. The Labute approximate surface area is 268 Å². The van der Waals surface area contributed by atoms with Crippen LogP contribution in [0.5, 0.6) is 0 Å². The van der Waals surface area contributed by atoms with Crippen molar-refractivity contribution in [1.82, 2.24) is 0 Å². The molecule has 0 aliphatic carbocycles. The minimum atomic E-state index is -0.532. The van der Waals surface area contributed by atoms with Gasteiger partial charge in [-0.2, -0.15) is 0 Å². The molecule has 0 radical (unpaired) electrons. The van der Waals surface area contributed by atoms with Crippen molar-refractivity contribution >= 4 is 5.97 Å². The predicted molar refractivity (Wildman–Crippen MR) is 187 cm³/mol. The Morgan fingerprint density at radius 1 is 0.558 bits per heavy atom. The normalized spacial score (nSPS) is 12.5. The van der Waals surface area contributed by atoms with Crippen LogP contribution >= 0.6 is 0 Å². The van der Waals surface area contributed by atoms with Crippen LogP contribution in [-0.4, -0.2) is 37.0 Å². The number of carbonyl (C=O) groups excluding carboxylic acids is 1. The molecule has 1 N–H and O–H groups in total. The number of allylic oxidation sites excluding steroid dienone is 4. The average Bonchev–Trinajstić information content (AvgIpc) is 3.01. The molecule has 0 aliphatic heterocycles. The Morgan fingerprint density at radius 3 is 1.49 bits per heavy atom. The van der Waals surface area contributed by atoms with Gasteiger partial charge in [-0.1, -0.05) is 167 Å². The summed E-state index contributed by atoms with van der Waals surface area (Å²) >= 11 is 0. The van der Waals surface area contributed by atoms with Crippen molar-refractivity contribution in [3.05, 3.63) is 24.3 Å². The zero-order valence-electron chi connectivity index (χ0n) is 29.0. The number of hydrogen-bond donors (Lipinski definition) is 1. The Kier molecular flexibility index (Phi) is 36.1. The predicted octanol–water partition coefficient (Wildman–Crippen LogP) is 12.0. The molecule has 0 fully saturated rings. The van der Waals surface area contributed by atoms with E-state index >= 15 is 0 Å². The smallest absolute Gasteiger partial charge is 0.306 e. The Balaban J connectivity index is 3.44. The molecule has 0 aromatic carbocycles. The van der Waals surface area contributed by atoms with E-state index in [2.05, 4.69) is 38.2 Å². The number of hydrogen-bond acceptors (Lipinski definition) is 4. The zero-order chi connectivity index (χ0) is 31.3. The van der Waals surface area contributed by atoms with E-state index < -0.39 is 6.10 Å². The first-order valence-electron chi connectivity index (χ1n) is 18.9. The van der Waals surface area contributed by atoms with Gasteiger partial charge < -0.3 is 14.6 Å². The molecule has 0 saturated carbocycles. The number of aliphatic hydroxyl groups is 1. The molecule has 0 aromatic rings. The molecule has 1 unspecified atom stereocenters. The van der Waals surface area contributed by atoms with Crippen LogP contribution < -0.4 is 0 Å². The molecule has 0 aliphatic rings. The van der Waals surface area contributed by atoms with E-state index in [9.17, 15) is 9.90 Å². The van der Waals surface area contributed by atoms with Gasteiger partial charge in [-0.25, -0.2) is 0 Å². The van der Waals surface area contributed by atoms with E-state index in [0.29, 0.717) is 19.6 Å². The largest absolute Gasteiger partial charge is 0.457 e. The van der Waals surface area contributed by atoms with Crippen LogP contribution in [0.4, 0.5) is 0 Å². The lowest BCUT2D eigenvalue weighted by Gasteiger charge is -2.16. The molecule has 4 heteroatoms. The maximum atomic E-state index is 12.1. The first-order valence-corrected chi connectivity index (χ1v) is 18.9. The summed E-state index contributed by atoms with van der Waals surface area (Å²) < 4.78 is 11.1. The zero-order valence-corrected chi connectivity index (χ0v) is 29.0. The summed E-state index contributed by atoms with van der Waals surface area (Å²) in [6.07, 6.45) is 43.6. The lowest BCUT2D eigenvalue weighted by atomic mass is 10.0. The van der Waals surface area contributed by atoms with Gasteiger partial charge in [0.25, 0.3) is 0 Å². The molecular formula is C39H74O4. The molecule has 4 nitrogen and oxygen atoms in total. The second-order valence-electron chi connectivity index (χ2n) is 12.7. The quantitative estimate of drug-likeness (QED) is 0.0443. The minimum Gasteiger partial charge on any atom is -0.457 e. The fraction of sp³-hybridized carbons (Fsp3) is 0.872. The SMILES string of the molecule is CCCCC/C=C\C/C=C\CCCCCCCCCC(=O)OC(CO)COCCCCCCCCCCCCCCCC. The first kappa shape index (κ1) is 41.9. The van der Waals surface area contributed by atoms with Crippen LogP contribution in [0.15, 0.2) is 24.3 Å². The third-order valence-corrected chi connectivity index (χ3v) is 8.28. The highest BCUT2D eigenvalue weighted by Gasteiger charge is 2.13. The minimum absolute atomic E-state index is 0.171. The monoisotopic (exact) mass is 607 g/mol. The van der Waals surface area contributed by atoms with Crippen molar-refractivity contribution in [1.29, 1.82) is 0 Å². The van der Waals surface area contributed by atoms with Crippen molar-refractivity contribution in [2.75, 3.05) is 19.8 Å². The van der Waals surface area contributed by atoms with Crippen molar-refractivity contribution in [3.8, 4) is 0 Å². The maximum absolute atomic E-state index is 12.1. The summed E-state index contributed by atoms with van der Waals surface area (Å²) in [6.45, 7) is 5.33. The van der Waals surface area contributed by atoms with Gasteiger partial charge in [0.2, 0.25) is 0 Å². The Morgan fingerprint density at radius 2 is 0.977 bits per heavy atom. The molecule has 0 bridgehead atoms. The molecule has 43 heavy (non-hydrogen) atoms. The summed E-state index contributed by atoms with van der Waals surface area (Å²) in [5.41, 5.74) is 0. The van der Waals surface area contributed by atoms with Gasteiger partial charge >= 0.3 is 5.97 Å². The van der Waals surface area contributed by atoms with Gasteiger partial charge in [0, 0.05) is 13.0 Å². The van der Waals surface area contributed by atoms with Gasteiger partial charge in [-0.05, 0) is 44.9 Å². The van der Waals surface area contributed by atoms with Crippen LogP contribution in [0, 0.1) is 0 Å². The van der Waals surface area contributed by atoms with Crippen LogP contribution in [0.3, 0.4) is 0 Å². The van der Waals surface area contributed by atoms with E-state index in [4.69, 9.17) is 9.47 Å². The van der Waals surface area contributed by atoms with Gasteiger partial charge in [-0.15, -0.1) is 0 Å². The molecule has 0 spiro atoms. The lowest BCUT2D eigenvalue weighted by Crippen LogP contribution is -2.27. The highest BCUT2D eigenvalue weighted by atomic mass is 16.6. The maximum Gasteiger partial charge on any atom is 0.306 e. The molecule has 1 atom stereocenters. The lowest BCUT2D eigenvalue weighted by molar-refractivity contribution is -0.154. The van der Waals surface area contributed by atoms with Crippen LogP contribution in [0.1, 0.15) is 194 Å². The third-order valence-electron chi connectivity index (χ3n) is 8.28. The number of aliphatic hydroxyl groups excluding tert-OH is 1. The van der Waals surface area contributed by atoms with Gasteiger partial charge in [0.1, 0.15) is 6.10 Å². The number of rotatable bonds is 35. The van der Waals surface area contributed by atoms with Crippen LogP contribution in [0.25, 0.3) is 0 Å². The third kappa shape index (κ3) is 35.2. The van der Waals surface area contributed by atoms with Gasteiger partial charge in [-0.3, -0.25) is 4.79 Å². The van der Waals surface area contributed by atoms with E-state index in [1.165, 1.54) is 148 Å². The topological polar surface area (TPSA) is 55.8 Å². The highest BCUT2D eigenvalue weighted by Crippen LogP contribution is 2.14. The molecule has 0 rings (SSSR count). The molecule has 254 valence electrons. The fourth-order valence-electron chi connectivity index (χ4n) is 5.42. The van der Waals surface area contributed by atoms with Crippen molar-refractivity contribution in [2.24, 2.45) is 0 Å². The van der Waals surface area contributed by atoms with E-state index in [1.807, 2.05) is 0 Å². The number of carbonyl (C=O) groups is 1. The summed E-state index contributed by atoms with van der Waals surface area (Å²) in [7, 11) is 0. The average molecular weight is 607 g/mol. The second kappa shape index (κ2) is 37.1. The van der Waals surface area contributed by atoms with E-state index in [1.54, 1.807) is 0 Å². The van der Waals surface area contributed by atoms with Gasteiger partial charge in [0.15, 0.2) is 0 Å². The molecular weight excluding hydrogens is 532 g/mol. The summed E-state index contributed by atoms with van der Waals surface area (Å²) in [6, 6.07) is 0. The fourth-order valence-corrected chi connectivity index (χ4v) is 5.42. The summed E-state index contributed by atoms with van der Waals surface area (Å²) in [4.78, 5) is 12.1. The Bertz CT molecular complexity index is 600. The standard InChI is InChI=1S/C39H74O4/c1-3-5-7-9-11-13-15-17-19-20-21-22-24-26-28-30-32-34-39(41)43-38(36-40)37-42-35-33-31-29-27-25-23-18-16-14-12-10-8-6-4-2/h11,13,17,19,38,40H,3-10,12,14-16,18,20-37H2,1-2H3/b13-11-,19-17-. The Hall–Kier alpha value is -1.13. The molecule has 0 aromatic heterocycles. The summed E-state index contributed by atoms with van der Waals surface area (Å²) in [5.74, 6) is -0.207. The van der Waals surface area contributed by atoms with Crippen LogP contribution in [-0.2, 0) is 14.3 Å². The van der Waals surface area contributed by atoms with Crippen molar-refractivity contribution in [3.63, 3.8) is 0 Å². The number of unbranched alkanes of at least 4 members (excludes halogenated alkanes) is 23. The number of ether oxygens (including phenoxy) is 2. The van der Waals surface area contributed by atoms with Crippen LogP contribution in [0.2, 0.25) is 0 Å². The van der Waals surface area contributed by atoms with Crippen molar-refractivity contribution in [2.45, 2.75) is 200 Å². The van der Waals surface area contributed by atoms with Crippen molar-refractivity contribution < 1.29 is 19.4 Å². The molecule has 0 saturated heterocycles. The number of esters is 1. The highest BCUT2D eigenvalue weighted by molar-refractivity contribution is 5.69. The first-order chi connectivity index (χ1) is 21.2.